The lowest BCUT2D eigenvalue weighted by Crippen LogP contribution is -1.97. The fourth-order valence-electron chi connectivity index (χ4n) is 5.80. The first kappa shape index (κ1) is 25.3. The highest BCUT2D eigenvalue weighted by Gasteiger charge is 2.12. The van der Waals surface area contributed by atoms with Crippen LogP contribution >= 0.6 is 11.6 Å². The van der Waals surface area contributed by atoms with Gasteiger partial charge in [0.1, 0.15) is 0 Å². The predicted octanol–water partition coefficient (Wildman–Crippen LogP) is 10.7. The van der Waals surface area contributed by atoms with Crippen molar-refractivity contribution in [3.8, 4) is 45.0 Å². The maximum absolute atomic E-state index is 6.42. The quantitative estimate of drug-likeness (QED) is 0.198. The molecule has 1 heterocycles. The van der Waals surface area contributed by atoms with Crippen molar-refractivity contribution >= 4 is 43.9 Å². The lowest BCUT2D eigenvalue weighted by Gasteiger charge is -2.09. The van der Waals surface area contributed by atoms with Gasteiger partial charge >= 0.3 is 0 Å². The molecule has 0 aliphatic rings. The second kappa shape index (κ2) is 10.5. The van der Waals surface area contributed by atoms with Gasteiger partial charge in [0.2, 0.25) is 5.28 Å². The van der Waals surface area contributed by atoms with Crippen molar-refractivity contribution in [1.29, 1.82) is 0 Å². The second-order valence-corrected chi connectivity index (χ2v) is 11.0. The highest BCUT2D eigenvalue weighted by molar-refractivity contribution is 6.28. The number of benzene rings is 7. The zero-order valence-corrected chi connectivity index (χ0v) is 23.8. The van der Waals surface area contributed by atoms with Crippen molar-refractivity contribution in [1.82, 2.24) is 15.0 Å². The summed E-state index contributed by atoms with van der Waals surface area (Å²) in [6.07, 6.45) is 0. The van der Waals surface area contributed by atoms with E-state index in [4.69, 9.17) is 16.6 Å². The van der Waals surface area contributed by atoms with E-state index in [2.05, 4.69) is 131 Å². The molecular formula is C39H24ClN3. The Morgan fingerprint density at radius 3 is 1.58 bits per heavy atom. The molecule has 1 aromatic heterocycles. The van der Waals surface area contributed by atoms with Gasteiger partial charge in [-0.05, 0) is 84.4 Å². The molecule has 7 aromatic carbocycles. The summed E-state index contributed by atoms with van der Waals surface area (Å²) >= 11 is 6.42. The minimum Gasteiger partial charge on any atom is -0.208 e. The number of nitrogens with zero attached hydrogens (tertiary/aromatic N) is 3. The zero-order valence-electron chi connectivity index (χ0n) is 23.1. The molecule has 0 saturated carbocycles. The minimum atomic E-state index is 0.171. The standard InChI is InChI=1S/C39H24ClN3/c40-39-42-37(41-38(43-39)34-21-20-31-22-30(18-19-32(31)23-34)25-6-2-1-3-7-25)29-15-10-26(11-16-29)33-17-14-28-13-12-27-8-4-5-9-35(27)36(28)24-33/h1-24H. The molecule has 0 bridgehead atoms. The van der Waals surface area contributed by atoms with E-state index in [1.165, 1.54) is 32.7 Å². The van der Waals surface area contributed by atoms with E-state index in [9.17, 15) is 0 Å². The van der Waals surface area contributed by atoms with Gasteiger partial charge in [-0.25, -0.2) is 4.98 Å². The molecule has 0 spiro atoms. The van der Waals surface area contributed by atoms with E-state index in [1.54, 1.807) is 0 Å². The van der Waals surface area contributed by atoms with Gasteiger partial charge in [0, 0.05) is 11.1 Å². The van der Waals surface area contributed by atoms with Gasteiger partial charge in [-0.3, -0.25) is 0 Å². The van der Waals surface area contributed by atoms with Gasteiger partial charge in [0.05, 0.1) is 0 Å². The summed E-state index contributed by atoms with van der Waals surface area (Å²) in [5, 5.41) is 7.43. The lowest BCUT2D eigenvalue weighted by atomic mass is 9.97. The third-order valence-corrected chi connectivity index (χ3v) is 8.21. The number of halogens is 1. The first-order valence-corrected chi connectivity index (χ1v) is 14.6. The third-order valence-electron chi connectivity index (χ3n) is 8.04. The molecule has 3 nitrogen and oxygen atoms in total. The molecule has 0 aliphatic carbocycles. The Kier molecular flexibility index (Phi) is 6.17. The van der Waals surface area contributed by atoms with E-state index < -0.39 is 0 Å². The summed E-state index contributed by atoms with van der Waals surface area (Å²) in [5.74, 6) is 1.10. The Morgan fingerprint density at radius 1 is 0.326 bits per heavy atom. The van der Waals surface area contributed by atoms with Crippen LogP contribution in [0.15, 0.2) is 146 Å². The van der Waals surface area contributed by atoms with Crippen molar-refractivity contribution in [2.24, 2.45) is 0 Å². The van der Waals surface area contributed by atoms with Crippen LogP contribution in [0.25, 0.3) is 77.3 Å². The van der Waals surface area contributed by atoms with Crippen molar-refractivity contribution in [3.63, 3.8) is 0 Å². The Morgan fingerprint density at radius 2 is 0.814 bits per heavy atom. The second-order valence-electron chi connectivity index (χ2n) is 10.7. The third kappa shape index (κ3) is 4.80. The molecule has 0 aliphatic heterocycles. The average molecular weight is 570 g/mol. The van der Waals surface area contributed by atoms with Gasteiger partial charge < -0.3 is 0 Å². The Labute approximate surface area is 254 Å². The molecular weight excluding hydrogens is 546 g/mol. The number of rotatable bonds is 4. The van der Waals surface area contributed by atoms with E-state index in [0.29, 0.717) is 11.6 Å². The molecule has 0 fully saturated rings. The van der Waals surface area contributed by atoms with E-state index >= 15 is 0 Å². The summed E-state index contributed by atoms with van der Waals surface area (Å²) < 4.78 is 0. The van der Waals surface area contributed by atoms with Crippen LogP contribution in [0.1, 0.15) is 0 Å². The molecule has 0 saturated heterocycles. The molecule has 8 rings (SSSR count). The molecule has 0 N–H and O–H groups in total. The zero-order chi connectivity index (χ0) is 28.8. The first-order chi connectivity index (χ1) is 21.2. The fourth-order valence-corrected chi connectivity index (χ4v) is 5.96. The van der Waals surface area contributed by atoms with Gasteiger partial charge in [-0.15, -0.1) is 0 Å². The normalized spacial score (nSPS) is 11.4. The lowest BCUT2D eigenvalue weighted by molar-refractivity contribution is 1.07. The summed E-state index contributed by atoms with van der Waals surface area (Å²) in [4.78, 5) is 13.7. The smallest absolute Gasteiger partial charge is 0.208 e. The average Bonchev–Trinajstić information content (AvgIpc) is 3.07. The SMILES string of the molecule is Clc1nc(-c2ccc(-c3ccc4ccc5ccccc5c4c3)cc2)nc(-c2ccc3cc(-c4ccccc4)ccc3c2)n1. The summed E-state index contributed by atoms with van der Waals surface area (Å²) in [6, 6.07) is 51.0. The van der Waals surface area contributed by atoms with Gasteiger partial charge in [-0.2, -0.15) is 9.97 Å². The Bertz CT molecular complexity index is 2290. The minimum absolute atomic E-state index is 0.171. The van der Waals surface area contributed by atoms with Crippen molar-refractivity contribution in [2.45, 2.75) is 0 Å². The van der Waals surface area contributed by atoms with Crippen LogP contribution in [0, 0.1) is 0 Å². The molecule has 0 unspecified atom stereocenters. The summed E-state index contributed by atoms with van der Waals surface area (Å²) in [7, 11) is 0. The molecule has 43 heavy (non-hydrogen) atoms. The van der Waals surface area contributed by atoms with Gasteiger partial charge in [-0.1, -0.05) is 127 Å². The summed E-state index contributed by atoms with van der Waals surface area (Å²) in [5.41, 5.74) is 6.45. The topological polar surface area (TPSA) is 38.7 Å². The number of hydrogen-bond donors (Lipinski definition) is 0. The first-order valence-electron chi connectivity index (χ1n) is 14.2. The van der Waals surface area contributed by atoms with Crippen molar-refractivity contribution in [3.05, 3.63) is 151 Å². The predicted molar refractivity (Wildman–Crippen MR) is 179 cm³/mol. The molecule has 0 atom stereocenters. The van der Waals surface area contributed by atoms with Crippen LogP contribution < -0.4 is 0 Å². The highest BCUT2D eigenvalue weighted by atomic mass is 35.5. The number of aromatic nitrogens is 3. The maximum atomic E-state index is 6.42. The summed E-state index contributed by atoms with van der Waals surface area (Å²) in [6.45, 7) is 0. The Hall–Kier alpha value is -5.38. The fraction of sp³-hybridized carbons (Fsp3) is 0. The highest BCUT2D eigenvalue weighted by Crippen LogP contribution is 2.32. The van der Waals surface area contributed by atoms with Gasteiger partial charge in [0.25, 0.3) is 0 Å². The number of fused-ring (bicyclic) bond motifs is 4. The molecule has 0 amide bonds. The maximum Gasteiger partial charge on any atom is 0.226 e. The molecule has 202 valence electrons. The monoisotopic (exact) mass is 569 g/mol. The van der Waals surface area contributed by atoms with Gasteiger partial charge in [0.15, 0.2) is 11.6 Å². The van der Waals surface area contributed by atoms with Crippen LogP contribution in [0.3, 0.4) is 0 Å². The van der Waals surface area contributed by atoms with Crippen LogP contribution in [0.4, 0.5) is 0 Å². The van der Waals surface area contributed by atoms with Crippen molar-refractivity contribution in [2.75, 3.05) is 0 Å². The largest absolute Gasteiger partial charge is 0.226 e. The Balaban J connectivity index is 1.12. The van der Waals surface area contributed by atoms with Crippen LogP contribution in [0.5, 0.6) is 0 Å². The molecule has 0 radical (unpaired) electrons. The van der Waals surface area contributed by atoms with Crippen LogP contribution in [0.2, 0.25) is 5.28 Å². The van der Waals surface area contributed by atoms with Crippen LogP contribution in [-0.4, -0.2) is 15.0 Å². The van der Waals surface area contributed by atoms with E-state index in [-0.39, 0.29) is 5.28 Å². The number of hydrogen-bond acceptors (Lipinski definition) is 3. The molecule has 8 aromatic rings. The molecule has 4 heteroatoms. The van der Waals surface area contributed by atoms with Crippen LogP contribution in [-0.2, 0) is 0 Å². The van der Waals surface area contributed by atoms with E-state index in [1.807, 2.05) is 24.3 Å². The van der Waals surface area contributed by atoms with Crippen molar-refractivity contribution < 1.29 is 0 Å². The van der Waals surface area contributed by atoms with E-state index in [0.717, 1.165) is 33.0 Å².